The molecule has 11 atom stereocenters. The van der Waals surface area contributed by atoms with E-state index in [1.54, 1.807) is 0 Å². The van der Waals surface area contributed by atoms with Crippen LogP contribution in [0.4, 0.5) is 0 Å². The molecule has 7 N–H and O–H groups in total. The molecule has 0 aliphatic carbocycles. The fourth-order valence-corrected chi connectivity index (χ4v) is 9.64. The third-order valence-corrected chi connectivity index (χ3v) is 14.4. The molecule has 0 spiro atoms. The molecule has 2 heterocycles. The van der Waals surface area contributed by atoms with Crippen LogP contribution in [0.25, 0.3) is 0 Å². The van der Waals surface area contributed by atoms with Crippen molar-refractivity contribution in [3.8, 4) is 0 Å². The van der Waals surface area contributed by atoms with E-state index in [1.165, 1.54) is 186 Å². The number of rotatable bonds is 48. The summed E-state index contributed by atoms with van der Waals surface area (Å²) in [6.07, 6.45) is 30.4. The highest BCUT2D eigenvalue weighted by atomic mass is 16.7. The zero-order valence-corrected chi connectivity index (χ0v) is 44.5. The highest BCUT2D eigenvalue weighted by Gasteiger charge is 2.47. The van der Waals surface area contributed by atoms with Gasteiger partial charge in [-0.2, -0.15) is 0 Å². The highest BCUT2D eigenvalue weighted by Crippen LogP contribution is 2.27. The third kappa shape index (κ3) is 31.0. The van der Waals surface area contributed by atoms with Crippen LogP contribution in [0.1, 0.15) is 251 Å². The quantitative estimate of drug-likeness (QED) is 0.0223. The highest BCUT2D eigenvalue weighted by molar-refractivity contribution is 5.69. The number of carbonyl (C=O) groups is 1. The van der Waals surface area contributed by atoms with E-state index in [-0.39, 0.29) is 25.6 Å². The van der Waals surface area contributed by atoms with Gasteiger partial charge in [-0.15, -0.1) is 0 Å². The Balaban J connectivity index is 1.64. The van der Waals surface area contributed by atoms with Crippen molar-refractivity contribution in [2.24, 2.45) is 0 Å². The predicted octanol–water partition coefficient (Wildman–Crippen LogP) is 10.0. The van der Waals surface area contributed by atoms with Gasteiger partial charge in [-0.3, -0.25) is 4.79 Å². The monoisotopic (exact) mass is 1000 g/mol. The number of ether oxygens (including phenoxy) is 6. The van der Waals surface area contributed by atoms with Gasteiger partial charge in [0, 0.05) is 13.0 Å². The number of hydrogen-bond acceptors (Lipinski definition) is 14. The van der Waals surface area contributed by atoms with Crippen molar-refractivity contribution in [1.82, 2.24) is 0 Å². The maximum Gasteiger partial charge on any atom is 0.306 e. The Morgan fingerprint density at radius 3 is 1.16 bits per heavy atom. The Morgan fingerprint density at radius 1 is 0.414 bits per heavy atom. The van der Waals surface area contributed by atoms with E-state index in [9.17, 15) is 40.5 Å². The Hall–Kier alpha value is -1.01. The van der Waals surface area contributed by atoms with Crippen LogP contribution < -0.4 is 0 Å². The predicted molar refractivity (Wildman–Crippen MR) is 275 cm³/mol. The van der Waals surface area contributed by atoms with Gasteiger partial charge in [-0.1, -0.05) is 232 Å². The molecule has 0 aromatic carbocycles. The number of aliphatic hydroxyl groups is 7. The molecule has 0 bridgehead atoms. The lowest BCUT2D eigenvalue weighted by Crippen LogP contribution is -2.61. The minimum absolute atomic E-state index is 0.0705. The number of aliphatic hydroxyl groups excluding tert-OH is 7. The van der Waals surface area contributed by atoms with Gasteiger partial charge < -0.3 is 64.2 Å². The van der Waals surface area contributed by atoms with E-state index in [1.807, 2.05) is 0 Å². The van der Waals surface area contributed by atoms with E-state index in [0.29, 0.717) is 13.0 Å². The molecule has 2 aliphatic heterocycles. The lowest BCUT2D eigenvalue weighted by atomic mass is 9.98. The van der Waals surface area contributed by atoms with Crippen LogP contribution in [0.2, 0.25) is 0 Å². The fraction of sp³-hybridized carbons (Fsp3) is 0.982. The molecular weight excluding hydrogens is 897 g/mol. The second kappa shape index (κ2) is 44.3. The summed E-state index contributed by atoms with van der Waals surface area (Å²) in [6.45, 7) is 3.74. The normalized spacial score (nSPS) is 25.4. The molecule has 0 saturated carbocycles. The van der Waals surface area contributed by atoms with Crippen LogP contribution in [0, 0.1) is 0 Å². The molecule has 0 amide bonds. The second-order valence-corrected chi connectivity index (χ2v) is 20.8. The van der Waals surface area contributed by atoms with E-state index in [0.717, 1.165) is 38.5 Å². The Kier molecular flexibility index (Phi) is 41.2. The van der Waals surface area contributed by atoms with Crippen molar-refractivity contribution in [2.75, 3.05) is 33.0 Å². The maximum atomic E-state index is 13.0. The minimum Gasteiger partial charge on any atom is -0.457 e. The van der Waals surface area contributed by atoms with E-state index >= 15 is 0 Å². The van der Waals surface area contributed by atoms with Gasteiger partial charge >= 0.3 is 5.97 Å². The molecule has 11 unspecified atom stereocenters. The summed E-state index contributed by atoms with van der Waals surface area (Å²) in [5, 5.41) is 72.2. The van der Waals surface area contributed by atoms with Crippen LogP contribution in [0.3, 0.4) is 0 Å². The molecular formula is C56H108O14. The zero-order chi connectivity index (χ0) is 50.9. The summed E-state index contributed by atoms with van der Waals surface area (Å²) >= 11 is 0. The molecule has 0 aromatic heterocycles. The van der Waals surface area contributed by atoms with Crippen molar-refractivity contribution in [3.63, 3.8) is 0 Å². The SMILES string of the molecule is CCCCCCCCCCCCCCCCCCCCCCCCCCCOCC(COC1OC(COC2OC(CO)C(O)C(O)C2O)C(O)C(O)C1O)OC(=O)CCCCCCCCCCCCC. The van der Waals surface area contributed by atoms with Crippen molar-refractivity contribution in [1.29, 1.82) is 0 Å². The number of hydrogen-bond donors (Lipinski definition) is 7. The van der Waals surface area contributed by atoms with Crippen molar-refractivity contribution in [2.45, 2.75) is 319 Å². The van der Waals surface area contributed by atoms with Gasteiger partial charge in [0.25, 0.3) is 0 Å². The van der Waals surface area contributed by atoms with Crippen molar-refractivity contribution in [3.05, 3.63) is 0 Å². The summed E-state index contributed by atoms with van der Waals surface area (Å²) in [5.74, 6) is -0.371. The fourth-order valence-electron chi connectivity index (χ4n) is 9.64. The van der Waals surface area contributed by atoms with Crippen LogP contribution >= 0.6 is 0 Å². The summed E-state index contributed by atoms with van der Waals surface area (Å²) in [5.41, 5.74) is 0. The third-order valence-electron chi connectivity index (χ3n) is 14.4. The van der Waals surface area contributed by atoms with Gasteiger partial charge in [-0.05, 0) is 12.8 Å². The Bertz CT molecular complexity index is 1170. The lowest BCUT2D eigenvalue weighted by Gasteiger charge is -2.42. The van der Waals surface area contributed by atoms with E-state index < -0.39 is 80.7 Å². The van der Waals surface area contributed by atoms with E-state index in [4.69, 9.17) is 28.4 Å². The molecule has 14 nitrogen and oxygen atoms in total. The first-order valence-electron chi connectivity index (χ1n) is 29.1. The largest absolute Gasteiger partial charge is 0.457 e. The summed E-state index contributed by atoms with van der Waals surface area (Å²) in [7, 11) is 0. The minimum atomic E-state index is -1.70. The molecule has 0 radical (unpaired) electrons. The molecule has 14 heteroatoms. The average molecular weight is 1010 g/mol. The summed E-state index contributed by atoms with van der Waals surface area (Å²) < 4.78 is 34.3. The topological polar surface area (TPSA) is 214 Å². The van der Waals surface area contributed by atoms with Crippen LogP contribution in [-0.4, -0.2) is 142 Å². The Labute approximate surface area is 425 Å². The molecule has 70 heavy (non-hydrogen) atoms. The summed E-state index contributed by atoms with van der Waals surface area (Å²) in [6, 6.07) is 0. The van der Waals surface area contributed by atoms with Gasteiger partial charge in [-0.25, -0.2) is 0 Å². The van der Waals surface area contributed by atoms with Gasteiger partial charge in [0.05, 0.1) is 26.4 Å². The number of unbranched alkanes of at least 4 members (excludes halogenated alkanes) is 34. The second-order valence-electron chi connectivity index (χ2n) is 20.8. The van der Waals surface area contributed by atoms with Crippen molar-refractivity contribution >= 4 is 5.97 Å². The number of carbonyl (C=O) groups excluding carboxylic acids is 1. The molecule has 0 aromatic rings. The van der Waals surface area contributed by atoms with Gasteiger partial charge in [0.2, 0.25) is 0 Å². The molecule has 2 rings (SSSR count). The van der Waals surface area contributed by atoms with Crippen molar-refractivity contribution < 1.29 is 69.0 Å². The van der Waals surface area contributed by atoms with Gasteiger partial charge in [0.1, 0.15) is 54.9 Å². The first kappa shape index (κ1) is 65.1. The van der Waals surface area contributed by atoms with E-state index in [2.05, 4.69) is 13.8 Å². The zero-order valence-electron chi connectivity index (χ0n) is 44.5. The molecule has 416 valence electrons. The molecule has 2 saturated heterocycles. The van der Waals surface area contributed by atoms with Gasteiger partial charge in [0.15, 0.2) is 12.6 Å². The Morgan fingerprint density at radius 2 is 0.757 bits per heavy atom. The molecule has 2 aliphatic rings. The first-order valence-corrected chi connectivity index (χ1v) is 29.1. The maximum absolute atomic E-state index is 13.0. The smallest absolute Gasteiger partial charge is 0.306 e. The lowest BCUT2D eigenvalue weighted by molar-refractivity contribution is -0.332. The summed E-state index contributed by atoms with van der Waals surface area (Å²) in [4.78, 5) is 13.0. The first-order chi connectivity index (χ1) is 34.1. The van der Waals surface area contributed by atoms with Crippen LogP contribution in [-0.2, 0) is 33.2 Å². The molecule has 2 fully saturated rings. The van der Waals surface area contributed by atoms with Crippen LogP contribution in [0.15, 0.2) is 0 Å². The van der Waals surface area contributed by atoms with Crippen LogP contribution in [0.5, 0.6) is 0 Å². The number of esters is 1. The standard InChI is InChI=1S/C56H108O14/c1-3-5-7-9-11-13-15-16-17-18-19-20-21-22-23-24-25-26-27-28-30-32-34-36-38-40-65-42-45(68-48(58)39-37-35-33-31-29-14-12-10-8-6-4-2)43-66-55-54(64)52(62)50(60)47(70-55)44-67-56-53(63)51(61)49(59)46(41-57)69-56/h45-47,49-57,59-64H,3-44H2,1-2H3. The average Bonchev–Trinajstić information content (AvgIpc) is 3.36.